The van der Waals surface area contributed by atoms with Crippen LogP contribution in [-0.4, -0.2) is 32.1 Å². The highest BCUT2D eigenvalue weighted by atomic mass is 16.7. The molecule has 4 nitrogen and oxygen atoms in total. The third kappa shape index (κ3) is 1.76. The maximum absolute atomic E-state index is 10.7. The first-order valence-electron chi connectivity index (χ1n) is 4.23. The molecule has 4 heteroatoms. The first-order valence-corrected chi connectivity index (χ1v) is 4.23. The maximum Gasteiger partial charge on any atom is 0.306 e. The molecule has 68 valence electrons. The van der Waals surface area contributed by atoms with Gasteiger partial charge in [-0.25, -0.2) is 0 Å². The lowest BCUT2D eigenvalue weighted by Crippen LogP contribution is -2.14. The minimum absolute atomic E-state index is 0.0991. The van der Waals surface area contributed by atoms with Crippen LogP contribution in [0, 0.1) is 5.92 Å². The van der Waals surface area contributed by atoms with Crippen LogP contribution in [0.15, 0.2) is 0 Å². The zero-order valence-corrected chi connectivity index (χ0v) is 6.82. The molecular weight excluding hydrogens is 160 g/mol. The summed E-state index contributed by atoms with van der Waals surface area (Å²) < 4.78 is 15.3. The molecular formula is C8H12O4. The highest BCUT2D eigenvalue weighted by Crippen LogP contribution is 2.22. The van der Waals surface area contributed by atoms with Gasteiger partial charge in [-0.3, -0.25) is 4.79 Å². The van der Waals surface area contributed by atoms with Gasteiger partial charge in [-0.05, 0) is 0 Å². The Bertz CT molecular complexity index is 174. The zero-order chi connectivity index (χ0) is 8.39. The molecule has 0 bridgehead atoms. The third-order valence-corrected chi connectivity index (χ3v) is 2.15. The first kappa shape index (κ1) is 8.01. The number of hydrogen-bond donors (Lipinski definition) is 0. The van der Waals surface area contributed by atoms with E-state index in [1.54, 1.807) is 0 Å². The van der Waals surface area contributed by atoms with Crippen molar-refractivity contribution in [2.24, 2.45) is 5.92 Å². The fourth-order valence-electron chi connectivity index (χ4n) is 1.53. The molecule has 0 radical (unpaired) electrons. The van der Waals surface area contributed by atoms with Crippen LogP contribution in [0.4, 0.5) is 0 Å². The van der Waals surface area contributed by atoms with Crippen molar-refractivity contribution in [3.05, 3.63) is 0 Å². The van der Waals surface area contributed by atoms with Crippen LogP contribution < -0.4 is 0 Å². The number of carbonyl (C=O) groups excluding carboxylic acids is 1. The Morgan fingerprint density at radius 1 is 1.33 bits per heavy atom. The Morgan fingerprint density at radius 3 is 2.67 bits per heavy atom. The monoisotopic (exact) mass is 172 g/mol. The van der Waals surface area contributed by atoms with E-state index >= 15 is 0 Å². The lowest BCUT2D eigenvalue weighted by Gasteiger charge is -2.11. The average Bonchev–Trinajstić information content (AvgIpc) is 2.63. The Balaban J connectivity index is 1.75. The van der Waals surface area contributed by atoms with Crippen molar-refractivity contribution >= 4 is 5.97 Å². The fraction of sp³-hybridized carbons (Fsp3) is 0.875. The van der Waals surface area contributed by atoms with Gasteiger partial charge in [0.05, 0.1) is 26.2 Å². The molecule has 2 aliphatic rings. The molecule has 0 aromatic rings. The Morgan fingerprint density at radius 2 is 2.08 bits per heavy atom. The fourth-order valence-corrected chi connectivity index (χ4v) is 1.53. The van der Waals surface area contributed by atoms with Crippen LogP contribution >= 0.6 is 0 Å². The van der Waals surface area contributed by atoms with Crippen LogP contribution in [0.2, 0.25) is 0 Å². The van der Waals surface area contributed by atoms with Gasteiger partial charge in [0.25, 0.3) is 0 Å². The maximum atomic E-state index is 10.7. The second-order valence-corrected chi connectivity index (χ2v) is 3.16. The van der Waals surface area contributed by atoms with Crippen LogP contribution in [-0.2, 0) is 19.0 Å². The van der Waals surface area contributed by atoms with Crippen LogP contribution in [0.3, 0.4) is 0 Å². The van der Waals surface area contributed by atoms with Crippen LogP contribution in [0.25, 0.3) is 0 Å². The van der Waals surface area contributed by atoms with Crippen molar-refractivity contribution in [3.63, 3.8) is 0 Å². The van der Waals surface area contributed by atoms with E-state index in [0.29, 0.717) is 32.2 Å². The standard InChI is InChI=1S/C8H12O4/c9-7-3-6(5-12-7)4-8-10-1-2-11-8/h6,8H,1-5H2/t6-/m1/s1. The number of esters is 1. The molecule has 2 rings (SSSR count). The predicted molar refractivity (Wildman–Crippen MR) is 39.4 cm³/mol. The molecule has 0 saturated carbocycles. The van der Waals surface area contributed by atoms with Gasteiger partial charge in [0.1, 0.15) is 0 Å². The molecule has 2 saturated heterocycles. The smallest absolute Gasteiger partial charge is 0.306 e. The van der Waals surface area contributed by atoms with E-state index in [1.807, 2.05) is 0 Å². The van der Waals surface area contributed by atoms with Gasteiger partial charge < -0.3 is 14.2 Å². The third-order valence-electron chi connectivity index (χ3n) is 2.15. The Labute approximate surface area is 70.8 Å². The summed E-state index contributed by atoms with van der Waals surface area (Å²) in [5.41, 5.74) is 0. The molecule has 12 heavy (non-hydrogen) atoms. The average molecular weight is 172 g/mol. The number of ether oxygens (including phenoxy) is 3. The quantitative estimate of drug-likeness (QED) is 0.562. The van der Waals surface area contributed by atoms with Crippen molar-refractivity contribution in [1.82, 2.24) is 0 Å². The van der Waals surface area contributed by atoms with Crippen molar-refractivity contribution in [2.75, 3.05) is 19.8 Å². The van der Waals surface area contributed by atoms with Crippen LogP contribution in [0.5, 0.6) is 0 Å². The van der Waals surface area contributed by atoms with E-state index in [-0.39, 0.29) is 12.3 Å². The minimum Gasteiger partial charge on any atom is -0.465 e. The molecule has 2 heterocycles. The normalized spacial score (nSPS) is 31.0. The Hall–Kier alpha value is -0.610. The minimum atomic E-state index is -0.107. The second-order valence-electron chi connectivity index (χ2n) is 3.16. The summed E-state index contributed by atoms with van der Waals surface area (Å²) in [5.74, 6) is 0.193. The first-order chi connectivity index (χ1) is 5.84. The van der Waals surface area contributed by atoms with E-state index in [4.69, 9.17) is 14.2 Å². The SMILES string of the molecule is O=C1C[C@H](CC2OCCO2)CO1. The van der Waals surface area contributed by atoms with E-state index in [1.165, 1.54) is 0 Å². The zero-order valence-electron chi connectivity index (χ0n) is 6.82. The van der Waals surface area contributed by atoms with Crippen molar-refractivity contribution in [1.29, 1.82) is 0 Å². The molecule has 0 aromatic carbocycles. The lowest BCUT2D eigenvalue weighted by atomic mass is 10.1. The van der Waals surface area contributed by atoms with Gasteiger partial charge in [-0.1, -0.05) is 0 Å². The van der Waals surface area contributed by atoms with Crippen LogP contribution in [0.1, 0.15) is 12.8 Å². The summed E-state index contributed by atoms with van der Waals surface area (Å²) in [6.45, 7) is 1.88. The van der Waals surface area contributed by atoms with Crippen molar-refractivity contribution < 1.29 is 19.0 Å². The van der Waals surface area contributed by atoms with Gasteiger partial charge in [-0.15, -0.1) is 0 Å². The lowest BCUT2D eigenvalue weighted by molar-refractivity contribution is -0.137. The second kappa shape index (κ2) is 3.41. The van der Waals surface area contributed by atoms with E-state index in [0.717, 1.165) is 6.42 Å². The van der Waals surface area contributed by atoms with Gasteiger partial charge >= 0.3 is 5.97 Å². The summed E-state index contributed by atoms with van der Waals surface area (Å²) in [6.07, 6.45) is 1.19. The molecule has 2 fully saturated rings. The van der Waals surface area contributed by atoms with E-state index < -0.39 is 0 Å². The molecule has 1 atom stereocenters. The molecule has 0 spiro atoms. The summed E-state index contributed by atoms with van der Waals surface area (Å²) in [4.78, 5) is 10.7. The summed E-state index contributed by atoms with van der Waals surface area (Å²) in [6, 6.07) is 0. The topological polar surface area (TPSA) is 44.8 Å². The Kier molecular flexibility index (Phi) is 2.28. The van der Waals surface area contributed by atoms with Gasteiger partial charge in [-0.2, -0.15) is 0 Å². The van der Waals surface area contributed by atoms with E-state index in [2.05, 4.69) is 0 Å². The number of rotatable bonds is 2. The van der Waals surface area contributed by atoms with Crippen molar-refractivity contribution in [3.8, 4) is 0 Å². The predicted octanol–water partition coefficient (Wildman–Crippen LogP) is 0.312. The summed E-state index contributed by atoms with van der Waals surface area (Å²) >= 11 is 0. The van der Waals surface area contributed by atoms with Gasteiger partial charge in [0, 0.05) is 12.3 Å². The molecule has 0 aliphatic carbocycles. The number of hydrogen-bond acceptors (Lipinski definition) is 4. The largest absolute Gasteiger partial charge is 0.465 e. The molecule has 0 aromatic heterocycles. The van der Waals surface area contributed by atoms with Crippen molar-refractivity contribution in [2.45, 2.75) is 19.1 Å². The summed E-state index contributed by atoms with van der Waals surface area (Å²) in [5, 5.41) is 0. The number of cyclic esters (lactones) is 1. The number of carbonyl (C=O) groups is 1. The molecule has 0 N–H and O–H groups in total. The molecule has 2 aliphatic heterocycles. The van der Waals surface area contributed by atoms with Gasteiger partial charge in [0.2, 0.25) is 0 Å². The molecule has 0 amide bonds. The van der Waals surface area contributed by atoms with E-state index in [9.17, 15) is 4.79 Å². The highest BCUT2D eigenvalue weighted by molar-refractivity contribution is 5.71. The molecule has 0 unspecified atom stereocenters. The van der Waals surface area contributed by atoms with Gasteiger partial charge in [0.15, 0.2) is 6.29 Å². The summed E-state index contributed by atoms with van der Waals surface area (Å²) in [7, 11) is 0. The highest BCUT2D eigenvalue weighted by Gasteiger charge is 2.28.